The lowest BCUT2D eigenvalue weighted by atomic mass is 9.53. The molecule has 1 heterocycles. The van der Waals surface area contributed by atoms with Crippen LogP contribution in [0.1, 0.15) is 51.4 Å². The summed E-state index contributed by atoms with van der Waals surface area (Å²) in [6, 6.07) is 6.37. The molecule has 6 rings (SSSR count). The van der Waals surface area contributed by atoms with Crippen molar-refractivity contribution in [2.45, 2.75) is 61.8 Å². The van der Waals surface area contributed by atoms with Gasteiger partial charge in [0, 0.05) is 23.7 Å². The maximum atomic E-state index is 13.2. The van der Waals surface area contributed by atoms with E-state index in [0.717, 1.165) is 43.4 Å². The molecule has 1 saturated heterocycles. The highest BCUT2D eigenvalue weighted by atomic mass is 35.5. The summed E-state index contributed by atoms with van der Waals surface area (Å²) < 4.78 is 27.6. The van der Waals surface area contributed by atoms with Gasteiger partial charge < -0.3 is 5.32 Å². The SMILES string of the molecule is O=C(NC12CC3CC(CC(C3)C1)C2)[C@H]1CCCN(S(=O)(=O)c2cccc(Cl)c2)C1. The Morgan fingerprint density at radius 3 is 2.38 bits per heavy atom. The fraction of sp³-hybridized carbons (Fsp3) is 0.682. The first kappa shape index (κ1) is 19.8. The monoisotopic (exact) mass is 436 g/mol. The van der Waals surface area contributed by atoms with Crippen molar-refractivity contribution in [3.8, 4) is 0 Å². The van der Waals surface area contributed by atoms with Crippen molar-refractivity contribution in [1.29, 1.82) is 0 Å². The number of sulfonamides is 1. The smallest absolute Gasteiger partial charge is 0.243 e. The number of carbonyl (C=O) groups excluding carboxylic acids is 1. The van der Waals surface area contributed by atoms with Gasteiger partial charge in [-0.2, -0.15) is 4.31 Å². The molecule has 0 aromatic heterocycles. The third kappa shape index (κ3) is 3.72. The Hall–Kier alpha value is -1.11. The number of hydrogen-bond acceptors (Lipinski definition) is 3. The van der Waals surface area contributed by atoms with Crippen LogP contribution in [0.3, 0.4) is 0 Å². The highest BCUT2D eigenvalue weighted by Crippen LogP contribution is 2.55. The Morgan fingerprint density at radius 1 is 1.10 bits per heavy atom. The molecular weight excluding hydrogens is 408 g/mol. The van der Waals surface area contributed by atoms with Gasteiger partial charge in [-0.3, -0.25) is 4.79 Å². The van der Waals surface area contributed by atoms with E-state index in [0.29, 0.717) is 18.0 Å². The Morgan fingerprint density at radius 2 is 1.76 bits per heavy atom. The van der Waals surface area contributed by atoms with Crippen molar-refractivity contribution in [1.82, 2.24) is 9.62 Å². The second-order valence-electron chi connectivity index (χ2n) is 9.85. The zero-order valence-corrected chi connectivity index (χ0v) is 18.2. The van der Waals surface area contributed by atoms with Gasteiger partial charge in [-0.25, -0.2) is 8.42 Å². The first-order chi connectivity index (χ1) is 13.8. The first-order valence-corrected chi connectivity index (χ1v) is 12.7. The van der Waals surface area contributed by atoms with Crippen LogP contribution in [0.25, 0.3) is 0 Å². The molecule has 4 saturated carbocycles. The molecule has 4 bridgehead atoms. The van der Waals surface area contributed by atoms with Gasteiger partial charge in [-0.15, -0.1) is 0 Å². The minimum Gasteiger partial charge on any atom is -0.350 e. The van der Waals surface area contributed by atoms with Gasteiger partial charge >= 0.3 is 0 Å². The van der Waals surface area contributed by atoms with Crippen LogP contribution in [0.4, 0.5) is 0 Å². The zero-order chi connectivity index (χ0) is 20.2. The van der Waals surface area contributed by atoms with Gasteiger partial charge in [0.15, 0.2) is 0 Å². The first-order valence-electron chi connectivity index (χ1n) is 10.9. The molecule has 4 aliphatic carbocycles. The fourth-order valence-electron chi connectivity index (χ4n) is 6.78. The number of rotatable bonds is 4. The number of piperidine rings is 1. The molecule has 0 spiro atoms. The number of nitrogens with one attached hydrogen (secondary N) is 1. The summed E-state index contributed by atoms with van der Waals surface area (Å²) in [5.74, 6) is 2.09. The molecule has 29 heavy (non-hydrogen) atoms. The summed E-state index contributed by atoms with van der Waals surface area (Å²) >= 11 is 5.99. The summed E-state index contributed by atoms with van der Waals surface area (Å²) in [5, 5.41) is 3.84. The van der Waals surface area contributed by atoms with Gasteiger partial charge in [-0.05, 0) is 87.3 Å². The topological polar surface area (TPSA) is 66.5 Å². The number of amides is 1. The molecule has 1 aromatic carbocycles. The third-order valence-corrected chi connectivity index (χ3v) is 9.71. The van der Waals surface area contributed by atoms with Crippen LogP contribution < -0.4 is 5.32 Å². The molecule has 5 aliphatic rings. The van der Waals surface area contributed by atoms with Crippen molar-refractivity contribution in [2.75, 3.05) is 13.1 Å². The van der Waals surface area contributed by atoms with Crippen molar-refractivity contribution in [3.05, 3.63) is 29.3 Å². The van der Waals surface area contributed by atoms with Crippen LogP contribution in [0.15, 0.2) is 29.2 Å². The molecule has 1 N–H and O–H groups in total. The standard InChI is InChI=1S/C22H29ClN2O3S/c23-19-4-1-5-20(10-19)29(27,28)25-6-2-3-18(14-25)21(26)24-22-11-15-7-16(12-22)9-17(8-15)13-22/h1,4-5,10,15-18H,2-3,6-9,11-14H2,(H,24,26)/t15?,16?,17?,18-,22?/m0/s1. The zero-order valence-electron chi connectivity index (χ0n) is 16.6. The van der Waals surface area contributed by atoms with Gasteiger partial charge in [-0.1, -0.05) is 17.7 Å². The number of nitrogens with zero attached hydrogens (tertiary/aromatic N) is 1. The number of benzene rings is 1. The van der Waals surface area contributed by atoms with Crippen LogP contribution in [0, 0.1) is 23.7 Å². The highest BCUT2D eigenvalue weighted by molar-refractivity contribution is 7.89. The minimum absolute atomic E-state index is 0.0278. The molecule has 5 fully saturated rings. The Balaban J connectivity index is 1.29. The van der Waals surface area contributed by atoms with E-state index in [1.165, 1.54) is 29.6 Å². The van der Waals surface area contributed by atoms with E-state index in [2.05, 4.69) is 5.32 Å². The summed E-state index contributed by atoms with van der Waals surface area (Å²) in [7, 11) is -3.64. The molecular formula is C22H29ClN2O3S. The van der Waals surface area contributed by atoms with E-state index in [4.69, 9.17) is 11.6 Å². The Kier molecular flexibility index (Phi) is 4.95. The lowest BCUT2D eigenvalue weighted by Crippen LogP contribution is -2.61. The third-order valence-electron chi connectivity index (χ3n) is 7.62. The minimum atomic E-state index is -3.64. The predicted octanol–water partition coefficient (Wildman–Crippen LogP) is 3.83. The summed E-state index contributed by atoms with van der Waals surface area (Å²) in [5.41, 5.74) is -0.0278. The quantitative estimate of drug-likeness (QED) is 0.780. The second kappa shape index (κ2) is 7.24. The number of halogens is 1. The van der Waals surface area contributed by atoms with Crippen LogP contribution in [0.5, 0.6) is 0 Å². The molecule has 0 unspecified atom stereocenters. The number of hydrogen-bond donors (Lipinski definition) is 1. The van der Waals surface area contributed by atoms with Crippen LogP contribution in [-0.4, -0.2) is 37.3 Å². The number of carbonyl (C=O) groups is 1. The van der Waals surface area contributed by atoms with E-state index in [-0.39, 0.29) is 28.8 Å². The highest BCUT2D eigenvalue weighted by Gasteiger charge is 2.52. The van der Waals surface area contributed by atoms with Crippen molar-refractivity contribution < 1.29 is 13.2 Å². The summed E-state index contributed by atoms with van der Waals surface area (Å²) in [4.78, 5) is 13.4. The van der Waals surface area contributed by atoms with Gasteiger partial charge in [0.1, 0.15) is 0 Å². The maximum absolute atomic E-state index is 13.2. The molecule has 7 heteroatoms. The predicted molar refractivity (Wildman–Crippen MR) is 112 cm³/mol. The second-order valence-corrected chi connectivity index (χ2v) is 12.2. The Bertz CT molecular complexity index is 881. The normalized spacial score (nSPS) is 36.9. The fourth-order valence-corrected chi connectivity index (χ4v) is 8.60. The average molecular weight is 437 g/mol. The molecule has 1 atom stereocenters. The lowest BCUT2D eigenvalue weighted by Gasteiger charge is -2.57. The summed E-state index contributed by atoms with van der Waals surface area (Å²) in [6.07, 6.45) is 8.81. The van der Waals surface area contributed by atoms with E-state index in [9.17, 15) is 13.2 Å². The maximum Gasteiger partial charge on any atom is 0.243 e. The van der Waals surface area contributed by atoms with Crippen LogP contribution >= 0.6 is 11.6 Å². The van der Waals surface area contributed by atoms with Gasteiger partial charge in [0.05, 0.1) is 10.8 Å². The van der Waals surface area contributed by atoms with E-state index in [1.54, 1.807) is 18.2 Å². The van der Waals surface area contributed by atoms with E-state index in [1.807, 2.05) is 0 Å². The van der Waals surface area contributed by atoms with Crippen molar-refractivity contribution in [2.24, 2.45) is 23.7 Å². The average Bonchev–Trinajstić information content (AvgIpc) is 2.66. The van der Waals surface area contributed by atoms with Crippen molar-refractivity contribution in [3.63, 3.8) is 0 Å². The largest absolute Gasteiger partial charge is 0.350 e. The molecule has 5 nitrogen and oxygen atoms in total. The van der Waals surface area contributed by atoms with Crippen molar-refractivity contribution >= 4 is 27.5 Å². The molecule has 0 radical (unpaired) electrons. The van der Waals surface area contributed by atoms with Gasteiger partial charge in [0.2, 0.25) is 15.9 Å². The van der Waals surface area contributed by atoms with Crippen LogP contribution in [0.2, 0.25) is 5.02 Å². The van der Waals surface area contributed by atoms with Gasteiger partial charge in [0.25, 0.3) is 0 Å². The van der Waals surface area contributed by atoms with Crippen LogP contribution in [-0.2, 0) is 14.8 Å². The molecule has 1 aromatic rings. The Labute approximate surface area is 178 Å². The molecule has 158 valence electrons. The molecule has 1 amide bonds. The lowest BCUT2D eigenvalue weighted by molar-refractivity contribution is -0.131. The van der Waals surface area contributed by atoms with E-state index < -0.39 is 10.0 Å². The van der Waals surface area contributed by atoms with E-state index >= 15 is 0 Å². The molecule has 1 aliphatic heterocycles. The summed E-state index contributed by atoms with van der Waals surface area (Å²) in [6.45, 7) is 0.711.